The number of amides is 2. The Morgan fingerprint density at radius 2 is 2.03 bits per heavy atom. The molecule has 156 valence electrons. The zero-order valence-corrected chi connectivity index (χ0v) is 17.2. The Labute approximate surface area is 175 Å². The van der Waals surface area contributed by atoms with E-state index in [9.17, 15) is 9.59 Å². The molecule has 1 saturated heterocycles. The van der Waals surface area contributed by atoms with Crippen molar-refractivity contribution in [3.05, 3.63) is 30.1 Å². The molecule has 0 bridgehead atoms. The maximum absolute atomic E-state index is 12.6. The lowest BCUT2D eigenvalue weighted by atomic mass is 9.98. The van der Waals surface area contributed by atoms with Crippen LogP contribution in [0.3, 0.4) is 0 Å². The number of rotatable bonds is 4. The summed E-state index contributed by atoms with van der Waals surface area (Å²) in [6.07, 6.45) is 1.33. The Morgan fingerprint density at radius 1 is 1.31 bits per heavy atom. The first kappa shape index (κ1) is 21.1. The largest absolute Gasteiger partial charge is 0.479 e. The van der Waals surface area contributed by atoms with E-state index in [0.29, 0.717) is 23.3 Å². The van der Waals surface area contributed by atoms with Gasteiger partial charge < -0.3 is 10.1 Å². The van der Waals surface area contributed by atoms with Gasteiger partial charge in [-0.2, -0.15) is 10.1 Å². The first-order valence-electron chi connectivity index (χ1n) is 9.51. The molecule has 1 aromatic carbocycles. The van der Waals surface area contributed by atoms with Gasteiger partial charge >= 0.3 is 0 Å². The summed E-state index contributed by atoms with van der Waals surface area (Å²) >= 11 is 0. The number of fused-ring (bicyclic) bond motifs is 1. The quantitative estimate of drug-likeness (QED) is 0.776. The third kappa shape index (κ3) is 4.35. The van der Waals surface area contributed by atoms with Gasteiger partial charge in [-0.05, 0) is 45.0 Å². The van der Waals surface area contributed by atoms with Gasteiger partial charge in [0.15, 0.2) is 11.9 Å². The average Bonchev–Trinajstić information content (AvgIpc) is 3.06. The van der Waals surface area contributed by atoms with Crippen LogP contribution in [0.25, 0.3) is 0 Å². The van der Waals surface area contributed by atoms with E-state index in [4.69, 9.17) is 4.74 Å². The fraction of sp³-hybridized carbons (Fsp3) is 0.474. The van der Waals surface area contributed by atoms with Crippen molar-refractivity contribution >= 4 is 35.9 Å². The summed E-state index contributed by atoms with van der Waals surface area (Å²) in [5, 5.41) is 10.6. The first-order chi connectivity index (χ1) is 13.5. The van der Waals surface area contributed by atoms with Gasteiger partial charge in [0.05, 0.1) is 5.69 Å². The number of hydrogen-bond donors (Lipinski definition) is 2. The van der Waals surface area contributed by atoms with E-state index in [1.807, 2.05) is 12.1 Å². The Bertz CT molecular complexity index is 896. The van der Waals surface area contributed by atoms with E-state index in [0.717, 1.165) is 31.8 Å². The van der Waals surface area contributed by atoms with Crippen LogP contribution in [-0.2, 0) is 16.6 Å². The van der Waals surface area contributed by atoms with Crippen LogP contribution in [0.1, 0.15) is 31.5 Å². The average molecular weight is 421 g/mol. The summed E-state index contributed by atoms with van der Waals surface area (Å²) in [4.78, 5) is 31.1. The van der Waals surface area contributed by atoms with E-state index in [1.54, 1.807) is 30.8 Å². The van der Waals surface area contributed by atoms with Gasteiger partial charge in [-0.1, -0.05) is 12.1 Å². The Balaban J connectivity index is 0.00000240. The highest BCUT2D eigenvalue weighted by atomic mass is 35.5. The third-order valence-electron chi connectivity index (χ3n) is 5.11. The van der Waals surface area contributed by atoms with Gasteiger partial charge in [0.2, 0.25) is 11.9 Å². The fourth-order valence-corrected chi connectivity index (χ4v) is 3.60. The van der Waals surface area contributed by atoms with Gasteiger partial charge in [-0.15, -0.1) is 12.4 Å². The second-order valence-electron chi connectivity index (χ2n) is 7.14. The molecule has 2 N–H and O–H groups in total. The molecule has 2 aromatic rings. The lowest BCUT2D eigenvalue weighted by Gasteiger charge is -2.32. The molecule has 29 heavy (non-hydrogen) atoms. The topological polar surface area (TPSA) is 101 Å². The van der Waals surface area contributed by atoms with Gasteiger partial charge in [0.1, 0.15) is 12.3 Å². The van der Waals surface area contributed by atoms with Crippen molar-refractivity contribution in [1.82, 2.24) is 20.1 Å². The number of carbonyl (C=O) groups is 2. The molecule has 0 saturated carbocycles. The van der Waals surface area contributed by atoms with Crippen molar-refractivity contribution in [3.63, 3.8) is 0 Å². The number of halogens is 1. The number of ether oxygens (including phenoxy) is 1. The molecule has 2 amide bonds. The highest BCUT2D eigenvalue weighted by Gasteiger charge is 2.32. The number of aromatic nitrogens is 3. The van der Waals surface area contributed by atoms with E-state index in [-0.39, 0.29) is 30.8 Å². The maximum atomic E-state index is 12.6. The number of aryl methyl sites for hydroxylation is 1. The van der Waals surface area contributed by atoms with Crippen molar-refractivity contribution < 1.29 is 14.3 Å². The summed E-state index contributed by atoms with van der Waals surface area (Å²) in [6.45, 7) is 3.46. The van der Waals surface area contributed by atoms with Crippen molar-refractivity contribution in [1.29, 1.82) is 0 Å². The molecule has 0 aliphatic carbocycles. The minimum atomic E-state index is -0.635. The van der Waals surface area contributed by atoms with Gasteiger partial charge in [0, 0.05) is 13.0 Å². The number of benzene rings is 1. The molecule has 10 heteroatoms. The highest BCUT2D eigenvalue weighted by molar-refractivity contribution is 6.05. The zero-order valence-electron chi connectivity index (χ0n) is 16.4. The predicted molar refractivity (Wildman–Crippen MR) is 111 cm³/mol. The molecule has 9 nitrogen and oxygen atoms in total. The molecule has 2 aliphatic rings. The smallest absolute Gasteiger partial charge is 0.268 e. The molecule has 2 aliphatic heterocycles. The highest BCUT2D eigenvalue weighted by Crippen LogP contribution is 2.33. The molecule has 0 radical (unpaired) electrons. The summed E-state index contributed by atoms with van der Waals surface area (Å²) in [7, 11) is 1.75. The number of nitrogens with zero attached hydrogens (tertiary/aromatic N) is 4. The number of hydrogen-bond acceptors (Lipinski definition) is 6. The maximum Gasteiger partial charge on any atom is 0.268 e. The number of nitrogens with one attached hydrogen (secondary N) is 2. The van der Waals surface area contributed by atoms with E-state index >= 15 is 0 Å². The number of para-hydroxylation sites is 2. The van der Waals surface area contributed by atoms with Crippen LogP contribution >= 0.6 is 12.4 Å². The fourth-order valence-electron chi connectivity index (χ4n) is 3.60. The van der Waals surface area contributed by atoms with Gasteiger partial charge in [0.25, 0.3) is 5.91 Å². The zero-order chi connectivity index (χ0) is 19.7. The normalized spacial score (nSPS) is 19.2. The summed E-state index contributed by atoms with van der Waals surface area (Å²) in [5.41, 5.74) is 0.592. The second kappa shape index (κ2) is 8.79. The molecule has 3 heterocycles. The van der Waals surface area contributed by atoms with E-state index < -0.39 is 6.10 Å². The van der Waals surface area contributed by atoms with Crippen molar-refractivity contribution in [2.75, 3.05) is 29.9 Å². The monoisotopic (exact) mass is 420 g/mol. The van der Waals surface area contributed by atoms with Crippen LogP contribution in [0.15, 0.2) is 24.3 Å². The summed E-state index contributed by atoms with van der Waals surface area (Å²) in [5.74, 6) is 1.45. The van der Waals surface area contributed by atoms with Crippen molar-refractivity contribution in [2.45, 2.75) is 31.8 Å². The van der Waals surface area contributed by atoms with E-state index in [2.05, 4.69) is 20.7 Å². The molecule has 4 rings (SSSR count). The lowest BCUT2D eigenvalue weighted by molar-refractivity contribution is -0.127. The second-order valence-corrected chi connectivity index (χ2v) is 7.14. The van der Waals surface area contributed by atoms with Crippen molar-refractivity contribution in [2.24, 2.45) is 7.05 Å². The van der Waals surface area contributed by atoms with Gasteiger partial charge in [-0.25, -0.2) is 4.68 Å². The number of anilines is 2. The van der Waals surface area contributed by atoms with Crippen molar-refractivity contribution in [3.8, 4) is 5.75 Å². The molecular weight excluding hydrogens is 396 g/mol. The molecule has 1 fully saturated rings. The summed E-state index contributed by atoms with van der Waals surface area (Å²) in [6, 6.07) is 7.20. The first-order valence-corrected chi connectivity index (χ1v) is 9.51. The number of carbonyl (C=O) groups excluding carboxylic acids is 2. The Morgan fingerprint density at radius 3 is 2.79 bits per heavy atom. The standard InChI is InChI=1S/C19H24N6O3.ClH/c1-12-18(27)25(14-5-3-4-6-15(14)28-12)11-16(26)21-19-22-17(23-24(19)2)13-7-9-20-10-8-13;/h3-6,12-13,20H,7-11H2,1-2H3,(H,21,22,23,26);1H. The molecule has 0 spiro atoms. The van der Waals surface area contributed by atoms with Crippen LogP contribution in [0.2, 0.25) is 0 Å². The van der Waals surface area contributed by atoms with Crippen LogP contribution in [0, 0.1) is 0 Å². The molecule has 1 unspecified atom stereocenters. The predicted octanol–water partition coefficient (Wildman–Crippen LogP) is 1.46. The van der Waals surface area contributed by atoms with Crippen LogP contribution in [-0.4, -0.2) is 52.3 Å². The Hall–Kier alpha value is -2.65. The lowest BCUT2D eigenvalue weighted by Crippen LogP contribution is -2.47. The van der Waals surface area contributed by atoms with Gasteiger partial charge in [-0.3, -0.25) is 19.8 Å². The van der Waals surface area contributed by atoms with Crippen LogP contribution in [0.4, 0.5) is 11.6 Å². The number of piperidine rings is 1. The Kier molecular flexibility index (Phi) is 6.39. The molecule has 1 atom stereocenters. The van der Waals surface area contributed by atoms with E-state index in [1.165, 1.54) is 4.90 Å². The molecule has 1 aromatic heterocycles. The third-order valence-corrected chi connectivity index (χ3v) is 5.11. The SMILES string of the molecule is CC1Oc2ccccc2N(CC(=O)Nc2nc(C3CCNCC3)nn2C)C1=O.Cl. The minimum Gasteiger partial charge on any atom is -0.479 e. The summed E-state index contributed by atoms with van der Waals surface area (Å²) < 4.78 is 7.19. The van der Waals surface area contributed by atoms with Crippen LogP contribution < -0.4 is 20.3 Å². The minimum absolute atomic E-state index is 0. The molecular formula is C19H25ClN6O3. The van der Waals surface area contributed by atoms with Crippen LogP contribution in [0.5, 0.6) is 5.75 Å².